The van der Waals surface area contributed by atoms with E-state index in [1.54, 1.807) is 4.57 Å². The molecule has 2 nitrogen and oxygen atoms in total. The molecule has 0 aliphatic carbocycles. The summed E-state index contributed by atoms with van der Waals surface area (Å²) in [5, 5.41) is 1.55. The van der Waals surface area contributed by atoms with Crippen LogP contribution in [0.3, 0.4) is 0 Å². The maximum Gasteiger partial charge on any atom is 0.115 e. The van der Waals surface area contributed by atoms with Crippen molar-refractivity contribution in [2.24, 2.45) is 0 Å². The number of para-hydroxylation sites is 1. The number of hydrogen-bond acceptors (Lipinski definition) is 0. The van der Waals surface area contributed by atoms with Crippen LogP contribution in [0, 0.1) is 0 Å². The molecule has 16 heteroatoms. The van der Waals surface area contributed by atoms with Gasteiger partial charge in [-0.1, -0.05) is 115 Å². The molecule has 0 atom stereocenters. The Morgan fingerprint density at radius 1 is 0.259 bits per heavy atom. The Balaban J connectivity index is 1.47. The maximum atomic E-state index is 7.29. The second kappa shape index (κ2) is 13.8. The molecule has 234 valence electrons. The molecule has 0 amide bonds. The van der Waals surface area contributed by atoms with Gasteiger partial charge in [0.05, 0.1) is 0 Å². The Morgan fingerprint density at radius 3 is 1.03 bits per heavy atom. The van der Waals surface area contributed by atoms with Crippen molar-refractivity contribution in [1.29, 1.82) is 0 Å². The summed E-state index contributed by atoms with van der Waals surface area (Å²) in [4.78, 5) is 0. The predicted molar refractivity (Wildman–Crippen MR) is 261 cm³/mol. The molecule has 58 heavy (non-hydrogen) atoms. The Kier molecular flexibility index (Phi) is 9.19. The van der Waals surface area contributed by atoms with Crippen LogP contribution in [0.25, 0.3) is 77.2 Å². The van der Waals surface area contributed by atoms with Crippen LogP contribution >= 0.6 is 0 Å². The first kappa shape index (κ1) is 38.6. The quantitative estimate of drug-likeness (QED) is 0.163. The lowest BCUT2D eigenvalue weighted by molar-refractivity contribution is 1.19. The summed E-state index contributed by atoms with van der Waals surface area (Å²) < 4.78 is 3.63. The molecular weight excluding hydrogens is 684 g/mol. The maximum absolute atomic E-state index is 7.29. The topological polar surface area (TPSA) is 9.86 Å². The van der Waals surface area contributed by atoms with Crippen molar-refractivity contribution in [3.8, 4) is 33.6 Å². The van der Waals surface area contributed by atoms with Crippen LogP contribution in [-0.2, 0) is 0 Å². The van der Waals surface area contributed by atoms with Crippen LogP contribution in [0.1, 0.15) is 0 Å². The third-order valence-corrected chi connectivity index (χ3v) is 11.3. The lowest BCUT2D eigenvalue weighted by Crippen LogP contribution is -2.48. The molecule has 0 spiro atoms. The van der Waals surface area contributed by atoms with E-state index in [0.29, 0.717) is 55.0 Å². The van der Waals surface area contributed by atoms with Crippen LogP contribution in [0.4, 0.5) is 0 Å². The monoisotopic (exact) mass is 700 g/mol. The number of benzene rings is 7. The van der Waals surface area contributed by atoms with E-state index in [-0.39, 0.29) is 87.6 Å². The Labute approximate surface area is 355 Å². The molecular formula is C42H14B14N2. The van der Waals surface area contributed by atoms with Gasteiger partial charge >= 0.3 is 0 Å². The van der Waals surface area contributed by atoms with Crippen LogP contribution in [-0.4, -0.2) is 119 Å². The van der Waals surface area contributed by atoms with Gasteiger partial charge in [0.15, 0.2) is 0 Å². The van der Waals surface area contributed by atoms with Gasteiger partial charge in [-0.2, -0.15) is 0 Å². The lowest BCUT2D eigenvalue weighted by atomic mass is 9.61. The summed E-state index contributed by atoms with van der Waals surface area (Å²) in [5.41, 5.74) is 6.75. The normalized spacial score (nSPS) is 11.7. The zero-order chi connectivity index (χ0) is 41.2. The smallest absolute Gasteiger partial charge is 0.115 e. The summed E-state index contributed by atoms with van der Waals surface area (Å²) in [6.07, 6.45) is 0. The van der Waals surface area contributed by atoms with Crippen LogP contribution in [0.5, 0.6) is 0 Å². The summed E-state index contributed by atoms with van der Waals surface area (Å²) in [7, 11) is 95.7. The Hall–Kier alpha value is -4.95. The molecule has 0 aliphatic rings. The fraction of sp³-hybridized carbons (Fsp3) is 0. The number of fused-ring (bicyclic) bond motifs is 6. The zero-order valence-corrected chi connectivity index (χ0v) is 31.1. The van der Waals surface area contributed by atoms with Gasteiger partial charge in [-0.05, 0) is 57.3 Å². The highest BCUT2D eigenvalue weighted by Crippen LogP contribution is 2.33. The highest BCUT2D eigenvalue weighted by Gasteiger charge is 2.28. The number of rotatable bonds is 4. The van der Waals surface area contributed by atoms with E-state index in [1.807, 2.05) is 89.5 Å². The molecule has 0 saturated carbocycles. The second-order valence-electron chi connectivity index (χ2n) is 14.4. The number of hydrogen-bond donors (Lipinski definition) is 0. The standard InChI is InChI=1S/C42H14B14N2/c43-25-19(27(45)35(53)39-21(25)23-29(47)31(49)33(51)37(55)41(23)57(39)17-11-5-2-6-12-17)20-26(44)22-24-30(48)32(50)34(52)38(56)42(24)58(40(22)36(54)28(20)46)18-13-7-10-16(14-18)15-8-3-1-4-9-15/h1-14H. The molecule has 0 N–H and O–H groups in total. The van der Waals surface area contributed by atoms with Gasteiger partial charge in [0, 0.05) is 44.2 Å². The van der Waals surface area contributed by atoms with Crippen LogP contribution in [0.2, 0.25) is 0 Å². The summed E-state index contributed by atoms with van der Waals surface area (Å²) in [6, 6.07) is 27.0. The molecule has 28 radical (unpaired) electrons. The first-order valence-corrected chi connectivity index (χ1v) is 18.0. The third kappa shape index (κ3) is 5.18. The first-order chi connectivity index (χ1) is 27.7. The molecule has 9 aromatic rings. The van der Waals surface area contributed by atoms with Gasteiger partial charge in [0.1, 0.15) is 110 Å². The van der Waals surface area contributed by atoms with Crippen molar-refractivity contribution in [2.45, 2.75) is 0 Å². The van der Waals surface area contributed by atoms with Gasteiger partial charge < -0.3 is 9.13 Å². The first-order valence-electron chi connectivity index (χ1n) is 18.0. The fourth-order valence-corrected chi connectivity index (χ4v) is 8.47. The minimum absolute atomic E-state index is 0.0477. The van der Waals surface area contributed by atoms with E-state index in [4.69, 9.17) is 110 Å². The predicted octanol–water partition coefficient (Wildman–Crippen LogP) is -5.67. The van der Waals surface area contributed by atoms with Crippen molar-refractivity contribution in [3.05, 3.63) is 84.9 Å². The van der Waals surface area contributed by atoms with E-state index < -0.39 is 0 Å². The van der Waals surface area contributed by atoms with Crippen molar-refractivity contribution in [2.75, 3.05) is 0 Å². The second-order valence-corrected chi connectivity index (χ2v) is 14.4. The van der Waals surface area contributed by atoms with E-state index in [0.717, 1.165) is 11.1 Å². The molecule has 2 aromatic heterocycles. The highest BCUT2D eigenvalue weighted by molar-refractivity contribution is 6.72. The minimum Gasteiger partial charge on any atom is -0.311 e. The van der Waals surface area contributed by atoms with Crippen molar-refractivity contribution in [1.82, 2.24) is 9.13 Å². The molecule has 9 rings (SSSR count). The zero-order valence-electron chi connectivity index (χ0n) is 31.1. The van der Waals surface area contributed by atoms with E-state index >= 15 is 0 Å². The van der Waals surface area contributed by atoms with Crippen molar-refractivity contribution in [3.63, 3.8) is 0 Å². The van der Waals surface area contributed by atoms with Crippen molar-refractivity contribution < 1.29 is 0 Å². The molecule has 0 unspecified atom stereocenters. The summed E-state index contributed by atoms with van der Waals surface area (Å²) in [6.45, 7) is 0. The SMILES string of the molecule is [B]c1c([B])c([B])c2c(c1[B])c1c([B])c(-c3c([B])c([B])c4c(c3[B])c3c([B])c([B])c([B])c([B])c3n4-c3cccc(-c4ccccc4)c3)c([B])c([B])c1n2-c1ccccc1. The Bertz CT molecular complexity index is 3260. The van der Waals surface area contributed by atoms with E-state index in [2.05, 4.69) is 0 Å². The Morgan fingerprint density at radius 2 is 0.586 bits per heavy atom. The molecule has 2 heterocycles. The van der Waals surface area contributed by atoms with Gasteiger partial charge in [-0.25, -0.2) is 0 Å². The fourth-order valence-electron chi connectivity index (χ4n) is 8.47. The van der Waals surface area contributed by atoms with Gasteiger partial charge in [-0.15, -0.1) is 21.9 Å². The summed E-state index contributed by atoms with van der Waals surface area (Å²) >= 11 is 0. The van der Waals surface area contributed by atoms with Crippen molar-refractivity contribution >= 4 is 230 Å². The molecule has 0 aliphatic heterocycles. The number of nitrogens with zero attached hydrogens (tertiary/aromatic N) is 2. The highest BCUT2D eigenvalue weighted by atomic mass is 15.0. The molecule has 7 aromatic carbocycles. The van der Waals surface area contributed by atoms with E-state index in [9.17, 15) is 0 Å². The molecule has 0 bridgehead atoms. The average Bonchev–Trinajstić information content (AvgIpc) is 3.79. The number of aromatic nitrogens is 2. The largest absolute Gasteiger partial charge is 0.311 e. The lowest BCUT2D eigenvalue weighted by Gasteiger charge is -2.25. The average molecular weight is 698 g/mol. The molecule has 0 fully saturated rings. The molecule has 0 saturated heterocycles. The van der Waals surface area contributed by atoms with Gasteiger partial charge in [0.25, 0.3) is 0 Å². The van der Waals surface area contributed by atoms with E-state index in [1.165, 1.54) is 0 Å². The van der Waals surface area contributed by atoms with Gasteiger partial charge in [-0.3, -0.25) is 0 Å². The van der Waals surface area contributed by atoms with Crippen LogP contribution in [0.15, 0.2) is 84.9 Å². The summed E-state index contributed by atoms with van der Waals surface area (Å²) in [5.74, 6) is 0. The third-order valence-electron chi connectivity index (χ3n) is 11.3. The van der Waals surface area contributed by atoms with Crippen LogP contribution < -0.4 is 76.5 Å². The van der Waals surface area contributed by atoms with Gasteiger partial charge in [0.2, 0.25) is 0 Å². The minimum atomic E-state index is 0.0477.